The molecule has 0 spiro atoms. The number of benzene rings is 1. The second-order valence-corrected chi connectivity index (χ2v) is 6.10. The summed E-state index contributed by atoms with van der Waals surface area (Å²) in [5.74, 6) is -3.58. The normalized spacial score (nSPS) is 13.5. The lowest BCUT2D eigenvalue weighted by atomic mass is 10.1. The number of carboxylic acids is 1. The number of carbonyl (C=O) groups is 4. The zero-order valence-electron chi connectivity index (χ0n) is 16.6. The molecule has 2 unspecified atom stereocenters. The fourth-order valence-corrected chi connectivity index (χ4v) is 2.34. The predicted octanol–water partition coefficient (Wildman–Crippen LogP) is 0.175. The molecule has 0 heterocycles. The topological polar surface area (TPSA) is 157 Å². The molecule has 1 rings (SSSR count). The number of hydrogen-bond donors (Lipinski definition) is 3. The van der Waals surface area contributed by atoms with E-state index in [0.717, 1.165) is 12.2 Å². The molecule has 31 heavy (non-hydrogen) atoms. The van der Waals surface area contributed by atoms with Crippen molar-refractivity contribution in [1.29, 1.82) is 0 Å². The van der Waals surface area contributed by atoms with E-state index in [1.54, 1.807) is 0 Å². The van der Waals surface area contributed by atoms with Crippen molar-refractivity contribution in [3.05, 3.63) is 60.7 Å². The van der Waals surface area contributed by atoms with Gasteiger partial charge in [0.1, 0.15) is 18.3 Å². The smallest absolute Gasteiger partial charge is 0.339 e. The fourth-order valence-electron chi connectivity index (χ4n) is 2.34. The standard InChI is InChI=1S/C21H24O10/c1-3-16(24)18(9-22)29-11-13(12-30-19(10-23)17(25)4-2)31-21(28)15-8-6-5-7-14(15)20(26)27/h3-8,13,18-19,22-23H,1-2,9-12H2,(H,26,27). The van der Waals surface area contributed by atoms with E-state index < -0.39 is 68.2 Å². The van der Waals surface area contributed by atoms with Gasteiger partial charge in [-0.25, -0.2) is 9.59 Å². The van der Waals surface area contributed by atoms with Crippen LogP contribution in [-0.4, -0.2) is 83.6 Å². The molecule has 0 saturated carbocycles. The summed E-state index contributed by atoms with van der Waals surface area (Å²) in [5, 5.41) is 27.8. The Labute approximate surface area is 178 Å². The number of aliphatic hydroxyl groups excluding tert-OH is 2. The summed E-state index contributed by atoms with van der Waals surface area (Å²) >= 11 is 0. The second-order valence-electron chi connectivity index (χ2n) is 6.10. The Hall–Kier alpha value is -3.18. The predicted molar refractivity (Wildman–Crippen MR) is 107 cm³/mol. The fraction of sp³-hybridized carbons (Fsp3) is 0.333. The van der Waals surface area contributed by atoms with Crippen LogP contribution in [0.2, 0.25) is 0 Å². The van der Waals surface area contributed by atoms with Crippen molar-refractivity contribution in [2.45, 2.75) is 18.3 Å². The van der Waals surface area contributed by atoms with Gasteiger partial charge >= 0.3 is 11.9 Å². The molecular formula is C21H24O10. The molecular weight excluding hydrogens is 412 g/mol. The summed E-state index contributed by atoms with van der Waals surface area (Å²) < 4.78 is 15.8. The molecule has 10 nitrogen and oxygen atoms in total. The van der Waals surface area contributed by atoms with Gasteiger partial charge in [0, 0.05) is 0 Å². The maximum atomic E-state index is 12.5. The van der Waals surface area contributed by atoms with Gasteiger partial charge in [-0.2, -0.15) is 0 Å². The van der Waals surface area contributed by atoms with Crippen LogP contribution in [0.5, 0.6) is 0 Å². The highest BCUT2D eigenvalue weighted by molar-refractivity contribution is 6.02. The van der Waals surface area contributed by atoms with Gasteiger partial charge < -0.3 is 29.5 Å². The van der Waals surface area contributed by atoms with Crippen LogP contribution in [0.1, 0.15) is 20.7 Å². The summed E-state index contributed by atoms with van der Waals surface area (Å²) in [4.78, 5) is 47.2. The summed E-state index contributed by atoms with van der Waals surface area (Å²) in [5.41, 5.74) is -0.528. The number of rotatable bonds is 15. The van der Waals surface area contributed by atoms with Crippen LogP contribution in [0.3, 0.4) is 0 Å². The third-order valence-electron chi connectivity index (χ3n) is 3.99. The molecule has 0 aliphatic carbocycles. The molecule has 1 aromatic carbocycles. The average molecular weight is 436 g/mol. The van der Waals surface area contributed by atoms with E-state index in [-0.39, 0.29) is 11.1 Å². The molecule has 0 radical (unpaired) electrons. The summed E-state index contributed by atoms with van der Waals surface area (Å²) in [6.07, 6.45) is -1.85. The monoisotopic (exact) mass is 436 g/mol. The van der Waals surface area contributed by atoms with Crippen LogP contribution in [0.15, 0.2) is 49.6 Å². The molecule has 2 atom stereocenters. The number of aromatic carboxylic acids is 1. The van der Waals surface area contributed by atoms with Crippen molar-refractivity contribution in [3.63, 3.8) is 0 Å². The van der Waals surface area contributed by atoms with E-state index in [1.165, 1.54) is 24.3 Å². The van der Waals surface area contributed by atoms with Crippen LogP contribution in [0.25, 0.3) is 0 Å². The van der Waals surface area contributed by atoms with E-state index in [2.05, 4.69) is 13.2 Å². The molecule has 0 aromatic heterocycles. The lowest BCUT2D eigenvalue weighted by Crippen LogP contribution is -2.37. The zero-order chi connectivity index (χ0) is 23.4. The summed E-state index contributed by atoms with van der Waals surface area (Å²) in [6, 6.07) is 5.35. The first kappa shape index (κ1) is 25.9. The van der Waals surface area contributed by atoms with Gasteiger partial charge in [0.15, 0.2) is 11.6 Å². The minimum absolute atomic E-state index is 0.234. The zero-order valence-corrected chi connectivity index (χ0v) is 16.6. The van der Waals surface area contributed by atoms with E-state index in [4.69, 9.17) is 14.2 Å². The van der Waals surface area contributed by atoms with Crippen LogP contribution in [0.4, 0.5) is 0 Å². The Balaban J connectivity index is 3.00. The molecule has 0 aliphatic heterocycles. The van der Waals surface area contributed by atoms with Crippen molar-refractivity contribution < 1.29 is 48.7 Å². The highest BCUT2D eigenvalue weighted by Crippen LogP contribution is 2.13. The molecule has 0 saturated heterocycles. The first-order valence-electron chi connectivity index (χ1n) is 9.09. The third-order valence-corrected chi connectivity index (χ3v) is 3.99. The molecule has 0 amide bonds. The number of ether oxygens (including phenoxy) is 3. The van der Waals surface area contributed by atoms with Gasteiger partial charge in [0.25, 0.3) is 0 Å². The van der Waals surface area contributed by atoms with Gasteiger partial charge in [-0.1, -0.05) is 25.3 Å². The van der Waals surface area contributed by atoms with Crippen LogP contribution >= 0.6 is 0 Å². The average Bonchev–Trinajstić information content (AvgIpc) is 2.78. The van der Waals surface area contributed by atoms with Crippen molar-refractivity contribution in [2.24, 2.45) is 0 Å². The molecule has 0 aliphatic rings. The van der Waals surface area contributed by atoms with E-state index in [9.17, 15) is 34.5 Å². The lowest BCUT2D eigenvalue weighted by molar-refractivity contribution is -0.137. The SMILES string of the molecule is C=CC(=O)C(CO)OCC(COC(CO)C(=O)C=C)OC(=O)c1ccccc1C(=O)O. The minimum Gasteiger partial charge on any atom is -0.478 e. The number of carbonyl (C=O) groups excluding carboxylic acids is 3. The maximum Gasteiger partial charge on any atom is 0.339 e. The van der Waals surface area contributed by atoms with Crippen molar-refractivity contribution >= 4 is 23.5 Å². The number of aliphatic hydroxyl groups is 2. The second kappa shape index (κ2) is 13.2. The van der Waals surface area contributed by atoms with Gasteiger partial charge in [-0.05, 0) is 24.3 Å². The lowest BCUT2D eigenvalue weighted by Gasteiger charge is -2.22. The number of esters is 1. The van der Waals surface area contributed by atoms with Crippen LogP contribution in [-0.2, 0) is 23.8 Å². The Morgan fingerprint density at radius 1 is 0.871 bits per heavy atom. The quantitative estimate of drug-likeness (QED) is 0.256. The summed E-state index contributed by atoms with van der Waals surface area (Å²) in [7, 11) is 0. The first-order valence-corrected chi connectivity index (χ1v) is 9.09. The van der Waals surface area contributed by atoms with E-state index in [0.29, 0.717) is 0 Å². The van der Waals surface area contributed by atoms with Crippen LogP contribution < -0.4 is 0 Å². The number of ketones is 2. The van der Waals surface area contributed by atoms with Crippen molar-refractivity contribution in [1.82, 2.24) is 0 Å². The molecule has 1 aromatic rings. The van der Waals surface area contributed by atoms with Gasteiger partial charge in [0.05, 0.1) is 37.6 Å². The Kier molecular flexibility index (Phi) is 11.0. The van der Waals surface area contributed by atoms with Crippen LogP contribution in [0, 0.1) is 0 Å². The number of hydrogen-bond acceptors (Lipinski definition) is 9. The minimum atomic E-state index is -1.34. The molecule has 168 valence electrons. The number of carboxylic acid groups (broad SMARTS) is 1. The van der Waals surface area contributed by atoms with E-state index in [1.807, 2.05) is 0 Å². The first-order chi connectivity index (χ1) is 14.8. The van der Waals surface area contributed by atoms with Gasteiger partial charge in [-0.15, -0.1) is 0 Å². The Bertz CT molecular complexity index is 784. The van der Waals surface area contributed by atoms with Gasteiger partial charge in [-0.3, -0.25) is 9.59 Å². The maximum absolute atomic E-state index is 12.5. The third kappa shape index (κ3) is 7.87. The Morgan fingerprint density at radius 2 is 1.32 bits per heavy atom. The van der Waals surface area contributed by atoms with E-state index >= 15 is 0 Å². The molecule has 10 heteroatoms. The largest absolute Gasteiger partial charge is 0.478 e. The van der Waals surface area contributed by atoms with Gasteiger partial charge in [0.2, 0.25) is 0 Å². The highest BCUT2D eigenvalue weighted by atomic mass is 16.6. The Morgan fingerprint density at radius 3 is 1.71 bits per heavy atom. The molecule has 0 bridgehead atoms. The summed E-state index contributed by atoms with van der Waals surface area (Å²) in [6.45, 7) is 4.37. The molecule has 0 fully saturated rings. The molecule has 3 N–H and O–H groups in total. The highest BCUT2D eigenvalue weighted by Gasteiger charge is 2.26. The van der Waals surface area contributed by atoms with Crippen molar-refractivity contribution in [2.75, 3.05) is 26.4 Å². The van der Waals surface area contributed by atoms with Crippen molar-refractivity contribution in [3.8, 4) is 0 Å².